The van der Waals surface area contributed by atoms with E-state index in [0.717, 1.165) is 21.5 Å². The first-order chi connectivity index (χ1) is 12.4. The van der Waals surface area contributed by atoms with Gasteiger partial charge in [-0.15, -0.1) is 0 Å². The molecule has 26 heavy (non-hydrogen) atoms. The number of nitrogens with one attached hydrogen (secondary N) is 1. The minimum absolute atomic E-state index is 0.113. The highest BCUT2D eigenvalue weighted by Crippen LogP contribution is 2.33. The van der Waals surface area contributed by atoms with E-state index < -0.39 is 6.55 Å². The lowest BCUT2D eigenvalue weighted by Crippen LogP contribution is -2.12. The molecule has 0 bridgehead atoms. The summed E-state index contributed by atoms with van der Waals surface area (Å²) in [5.74, 6) is -0.472. The van der Waals surface area contributed by atoms with Gasteiger partial charge in [0.15, 0.2) is 11.0 Å². The van der Waals surface area contributed by atoms with Crippen LogP contribution in [0.15, 0.2) is 36.7 Å². The number of alkyl halides is 2. The number of carbonyl (C=O) groups is 1. The maximum atomic E-state index is 13.0. The Kier molecular flexibility index (Phi) is 5.36. The molecule has 0 fully saturated rings. The Bertz CT molecular complexity index is 905. The van der Waals surface area contributed by atoms with Crippen LogP contribution in [0.25, 0.3) is 10.7 Å². The van der Waals surface area contributed by atoms with E-state index in [2.05, 4.69) is 15.3 Å². The second kappa shape index (κ2) is 7.69. The summed E-state index contributed by atoms with van der Waals surface area (Å²) in [5.41, 5.74) is 1.36. The maximum Gasteiger partial charge on any atom is 0.320 e. The molecular weight excluding hydrogens is 365 g/mol. The molecule has 0 aliphatic rings. The zero-order valence-corrected chi connectivity index (χ0v) is 14.6. The van der Waals surface area contributed by atoms with Gasteiger partial charge in [0.2, 0.25) is 5.91 Å². The molecule has 136 valence electrons. The number of hydrogen-bond acceptors (Lipinski definition) is 4. The van der Waals surface area contributed by atoms with Crippen LogP contribution < -0.4 is 5.32 Å². The van der Waals surface area contributed by atoms with Gasteiger partial charge in [-0.3, -0.25) is 9.36 Å². The second-order valence-electron chi connectivity index (χ2n) is 5.54. The smallest absolute Gasteiger partial charge is 0.302 e. The Morgan fingerprint density at radius 3 is 2.73 bits per heavy atom. The Morgan fingerprint density at radius 1 is 1.31 bits per heavy atom. The monoisotopic (exact) mass is 380 g/mol. The summed E-state index contributed by atoms with van der Waals surface area (Å²) < 4.78 is 39.6. The summed E-state index contributed by atoms with van der Waals surface area (Å²) in [6.07, 6.45) is 3.14. The first kappa shape index (κ1) is 18.1. The molecule has 0 spiro atoms. The topological polar surface area (TPSA) is 59.8 Å². The molecule has 2 heterocycles. The minimum Gasteiger partial charge on any atom is -0.302 e. The van der Waals surface area contributed by atoms with Crippen LogP contribution in [-0.4, -0.2) is 20.4 Å². The number of aromatic nitrogens is 3. The molecule has 0 saturated heterocycles. The number of thiazole rings is 1. The highest BCUT2D eigenvalue weighted by atomic mass is 32.1. The number of hydrogen-bond donors (Lipinski definition) is 1. The van der Waals surface area contributed by atoms with E-state index in [4.69, 9.17) is 0 Å². The first-order valence-electron chi connectivity index (χ1n) is 7.77. The van der Waals surface area contributed by atoms with E-state index in [1.165, 1.54) is 24.5 Å². The largest absolute Gasteiger partial charge is 0.320 e. The Labute approximate surface area is 151 Å². The third-order valence-corrected chi connectivity index (χ3v) is 4.75. The Hall–Kier alpha value is -2.68. The van der Waals surface area contributed by atoms with Crippen molar-refractivity contribution in [2.45, 2.75) is 26.3 Å². The molecule has 1 aromatic carbocycles. The highest BCUT2D eigenvalue weighted by molar-refractivity contribution is 7.19. The van der Waals surface area contributed by atoms with Crippen molar-refractivity contribution in [2.75, 3.05) is 5.32 Å². The van der Waals surface area contributed by atoms with Crippen LogP contribution in [0.5, 0.6) is 0 Å². The lowest BCUT2D eigenvalue weighted by atomic mass is 10.1. The third-order valence-electron chi connectivity index (χ3n) is 3.68. The molecular formula is C17H15F3N4OS. The lowest BCUT2D eigenvalue weighted by Gasteiger charge is -2.04. The normalized spacial score (nSPS) is 11.1. The first-order valence-corrected chi connectivity index (χ1v) is 8.59. The van der Waals surface area contributed by atoms with Crippen LogP contribution in [0.3, 0.4) is 0 Å². The molecule has 9 heteroatoms. The molecule has 0 saturated carbocycles. The molecule has 0 atom stereocenters. The number of carbonyl (C=O) groups excluding carboxylic acids is 1. The molecule has 0 unspecified atom stereocenters. The number of benzene rings is 1. The van der Waals surface area contributed by atoms with Crippen LogP contribution in [0.2, 0.25) is 0 Å². The van der Waals surface area contributed by atoms with E-state index in [0.29, 0.717) is 22.1 Å². The number of halogens is 3. The van der Waals surface area contributed by atoms with Crippen LogP contribution in [0, 0.1) is 12.7 Å². The van der Waals surface area contributed by atoms with Crippen molar-refractivity contribution in [2.24, 2.45) is 0 Å². The molecule has 3 aromatic rings. The second-order valence-corrected chi connectivity index (χ2v) is 6.54. The molecule has 5 nitrogen and oxygen atoms in total. The summed E-state index contributed by atoms with van der Waals surface area (Å²) in [4.78, 5) is 20.7. The van der Waals surface area contributed by atoms with Gasteiger partial charge in [0.25, 0.3) is 0 Å². The summed E-state index contributed by atoms with van der Waals surface area (Å²) in [6, 6.07) is 5.93. The number of amides is 1. The average Bonchev–Trinajstić information content (AvgIpc) is 3.20. The quantitative estimate of drug-likeness (QED) is 0.689. The van der Waals surface area contributed by atoms with Gasteiger partial charge in [0, 0.05) is 18.8 Å². The van der Waals surface area contributed by atoms with E-state index in [1.807, 2.05) is 0 Å². The minimum atomic E-state index is -2.71. The summed E-state index contributed by atoms with van der Waals surface area (Å²) in [7, 11) is 0. The number of imidazole rings is 1. The van der Waals surface area contributed by atoms with Crippen LogP contribution in [-0.2, 0) is 11.2 Å². The summed E-state index contributed by atoms with van der Waals surface area (Å²) in [5, 5.41) is 2.99. The van der Waals surface area contributed by atoms with Gasteiger partial charge in [-0.2, -0.15) is 8.78 Å². The van der Waals surface area contributed by atoms with Crippen molar-refractivity contribution in [3.8, 4) is 10.7 Å². The van der Waals surface area contributed by atoms with E-state index >= 15 is 0 Å². The zero-order chi connectivity index (χ0) is 18.7. The Morgan fingerprint density at radius 2 is 2.04 bits per heavy atom. The van der Waals surface area contributed by atoms with Gasteiger partial charge in [-0.25, -0.2) is 14.4 Å². The molecule has 3 rings (SSSR count). The molecule has 0 aliphatic heterocycles. The molecule has 1 amide bonds. The van der Waals surface area contributed by atoms with Gasteiger partial charge in [-0.05, 0) is 31.0 Å². The number of nitrogens with zero attached hydrogens (tertiary/aromatic N) is 3. The number of rotatable bonds is 6. The van der Waals surface area contributed by atoms with Crippen LogP contribution in [0.4, 0.5) is 18.3 Å². The number of anilines is 1. The van der Waals surface area contributed by atoms with Crippen molar-refractivity contribution in [1.82, 2.24) is 14.5 Å². The van der Waals surface area contributed by atoms with E-state index in [1.54, 1.807) is 19.1 Å². The van der Waals surface area contributed by atoms with Crippen LogP contribution in [0.1, 0.15) is 24.2 Å². The third kappa shape index (κ3) is 4.10. The van der Waals surface area contributed by atoms with Gasteiger partial charge in [0.05, 0.1) is 10.6 Å². The van der Waals surface area contributed by atoms with Gasteiger partial charge in [-0.1, -0.05) is 23.5 Å². The van der Waals surface area contributed by atoms with E-state index in [9.17, 15) is 18.0 Å². The van der Waals surface area contributed by atoms with Gasteiger partial charge < -0.3 is 5.32 Å². The van der Waals surface area contributed by atoms with Gasteiger partial charge in [0.1, 0.15) is 5.82 Å². The molecule has 0 radical (unpaired) electrons. The predicted octanol–water partition coefficient (Wildman–Crippen LogP) is 4.42. The molecule has 2 aromatic heterocycles. The fraction of sp³-hybridized carbons (Fsp3) is 0.235. The molecule has 0 aliphatic carbocycles. The van der Waals surface area contributed by atoms with Crippen molar-refractivity contribution < 1.29 is 18.0 Å². The Balaban J connectivity index is 1.66. The van der Waals surface area contributed by atoms with Crippen molar-refractivity contribution in [3.05, 3.63) is 53.7 Å². The van der Waals surface area contributed by atoms with Crippen molar-refractivity contribution in [1.29, 1.82) is 0 Å². The van der Waals surface area contributed by atoms with Crippen molar-refractivity contribution >= 4 is 22.4 Å². The summed E-state index contributed by atoms with van der Waals surface area (Å²) in [6.45, 7) is -1.03. The number of aryl methyl sites for hydroxylation is 2. The predicted molar refractivity (Wildman–Crippen MR) is 92.7 cm³/mol. The zero-order valence-electron chi connectivity index (χ0n) is 13.7. The van der Waals surface area contributed by atoms with Crippen molar-refractivity contribution in [3.63, 3.8) is 0 Å². The SMILES string of the molecule is Cc1nc(NC(=O)CCc2ccc(F)cc2)sc1-c1nccn1C(F)F. The fourth-order valence-corrected chi connectivity index (χ4v) is 3.38. The molecule has 1 N–H and O–H groups in total. The summed E-state index contributed by atoms with van der Waals surface area (Å²) >= 11 is 1.09. The van der Waals surface area contributed by atoms with Crippen LogP contribution >= 0.6 is 11.3 Å². The fourth-order valence-electron chi connectivity index (χ4n) is 2.39. The van der Waals surface area contributed by atoms with Gasteiger partial charge >= 0.3 is 6.55 Å². The van der Waals surface area contributed by atoms with E-state index in [-0.39, 0.29) is 24.0 Å². The lowest BCUT2D eigenvalue weighted by molar-refractivity contribution is -0.116. The highest BCUT2D eigenvalue weighted by Gasteiger charge is 2.19. The average molecular weight is 380 g/mol. The standard InChI is InChI=1S/C17H15F3N4OS/c1-10-14(15-21-8-9-24(15)16(19)20)26-17(22-10)23-13(25)7-4-11-2-5-12(18)6-3-11/h2-3,5-6,8-9,16H,4,7H2,1H3,(H,22,23,25). The maximum absolute atomic E-state index is 13.0.